The van der Waals surface area contributed by atoms with Gasteiger partial charge in [0.1, 0.15) is 11.0 Å². The molecule has 0 fully saturated rings. The summed E-state index contributed by atoms with van der Waals surface area (Å²) in [5.41, 5.74) is 1.56. The molecule has 3 rings (SSSR count). The molecule has 0 radical (unpaired) electrons. The fourth-order valence-electron chi connectivity index (χ4n) is 2.86. The first-order chi connectivity index (χ1) is 13.0. The predicted octanol–water partition coefficient (Wildman–Crippen LogP) is 3.52. The SMILES string of the molecule is COc1ccc(C2Sc3ccccc3N(CC=CN(C)C)C(=O)C2=O)cc1. The van der Waals surface area contributed by atoms with Crippen molar-refractivity contribution in [1.82, 2.24) is 4.90 Å². The normalized spacial score (nSPS) is 17.0. The van der Waals surface area contributed by atoms with E-state index in [0.717, 1.165) is 16.1 Å². The van der Waals surface area contributed by atoms with Crippen molar-refractivity contribution in [2.24, 2.45) is 0 Å². The number of para-hydroxylation sites is 1. The number of hydrogen-bond donors (Lipinski definition) is 0. The van der Waals surface area contributed by atoms with E-state index in [1.54, 1.807) is 12.0 Å². The molecule has 0 saturated carbocycles. The lowest BCUT2D eigenvalue weighted by molar-refractivity contribution is -0.135. The average Bonchev–Trinajstić information content (AvgIpc) is 2.78. The molecule has 140 valence electrons. The summed E-state index contributed by atoms with van der Waals surface area (Å²) in [6.07, 6.45) is 3.75. The van der Waals surface area contributed by atoms with Crippen LogP contribution in [0.5, 0.6) is 5.75 Å². The fourth-order valence-corrected chi connectivity index (χ4v) is 4.07. The van der Waals surface area contributed by atoms with Crippen molar-refractivity contribution < 1.29 is 14.3 Å². The van der Waals surface area contributed by atoms with Crippen molar-refractivity contribution in [3.8, 4) is 5.75 Å². The molecule has 0 spiro atoms. The van der Waals surface area contributed by atoms with E-state index in [1.165, 1.54) is 11.8 Å². The number of hydrogen-bond acceptors (Lipinski definition) is 5. The minimum Gasteiger partial charge on any atom is -0.497 e. The number of benzene rings is 2. The van der Waals surface area contributed by atoms with Crippen molar-refractivity contribution in [3.63, 3.8) is 0 Å². The van der Waals surface area contributed by atoms with Crippen LogP contribution in [-0.2, 0) is 9.59 Å². The molecule has 0 aliphatic carbocycles. The van der Waals surface area contributed by atoms with Crippen molar-refractivity contribution >= 4 is 29.1 Å². The Labute approximate surface area is 163 Å². The molecule has 1 aliphatic rings. The fraction of sp³-hybridized carbons (Fsp3) is 0.238. The third kappa shape index (κ3) is 4.17. The number of nitrogens with zero attached hydrogens (tertiary/aromatic N) is 2. The van der Waals surface area contributed by atoms with Gasteiger partial charge >= 0.3 is 0 Å². The standard InChI is InChI=1S/C21H22N2O3S/c1-22(2)13-6-14-23-17-7-4-5-8-18(17)27-20(19(24)21(23)25)15-9-11-16(26-3)12-10-15/h4-13,20H,14H2,1-3H3. The molecule has 27 heavy (non-hydrogen) atoms. The molecule has 6 heteroatoms. The Morgan fingerprint density at radius 3 is 2.48 bits per heavy atom. The highest BCUT2D eigenvalue weighted by atomic mass is 32.2. The van der Waals surface area contributed by atoms with Crippen molar-refractivity contribution in [1.29, 1.82) is 0 Å². The van der Waals surface area contributed by atoms with Crippen molar-refractivity contribution in [2.75, 3.05) is 32.6 Å². The average molecular weight is 382 g/mol. The number of carbonyl (C=O) groups excluding carboxylic acids is 2. The van der Waals surface area contributed by atoms with Gasteiger partial charge in [-0.1, -0.05) is 24.3 Å². The Hall–Kier alpha value is -2.73. The molecule has 2 aromatic carbocycles. The Morgan fingerprint density at radius 1 is 1.11 bits per heavy atom. The highest BCUT2D eigenvalue weighted by molar-refractivity contribution is 8.00. The topological polar surface area (TPSA) is 49.9 Å². The summed E-state index contributed by atoms with van der Waals surface area (Å²) in [7, 11) is 5.42. The van der Waals surface area contributed by atoms with Gasteiger partial charge in [0.2, 0.25) is 5.78 Å². The predicted molar refractivity (Wildman–Crippen MR) is 108 cm³/mol. The molecule has 1 unspecified atom stereocenters. The van der Waals surface area contributed by atoms with Crippen LogP contribution in [0.3, 0.4) is 0 Å². The van der Waals surface area contributed by atoms with Gasteiger partial charge in [0.25, 0.3) is 5.91 Å². The third-order valence-electron chi connectivity index (χ3n) is 4.21. The summed E-state index contributed by atoms with van der Waals surface area (Å²) in [6.45, 7) is 0.343. The summed E-state index contributed by atoms with van der Waals surface area (Å²) in [4.78, 5) is 30.3. The zero-order valence-electron chi connectivity index (χ0n) is 15.6. The zero-order chi connectivity index (χ0) is 19.4. The second-order valence-corrected chi connectivity index (χ2v) is 7.51. The number of thioether (sulfide) groups is 1. The molecular weight excluding hydrogens is 360 g/mol. The smallest absolute Gasteiger partial charge is 0.296 e. The Balaban J connectivity index is 1.98. The highest BCUT2D eigenvalue weighted by Gasteiger charge is 2.36. The molecule has 1 amide bonds. The van der Waals surface area contributed by atoms with Crippen LogP contribution in [0.1, 0.15) is 10.8 Å². The maximum atomic E-state index is 13.0. The van der Waals surface area contributed by atoms with Crippen LogP contribution < -0.4 is 9.64 Å². The van der Waals surface area contributed by atoms with E-state index in [1.807, 2.05) is 79.8 Å². The number of ether oxygens (including phenoxy) is 1. The molecule has 2 aromatic rings. The zero-order valence-corrected chi connectivity index (χ0v) is 16.4. The Morgan fingerprint density at radius 2 is 1.81 bits per heavy atom. The number of ketones is 1. The van der Waals surface area contributed by atoms with E-state index in [-0.39, 0.29) is 0 Å². The Kier molecular flexibility index (Phi) is 5.86. The van der Waals surface area contributed by atoms with Crippen LogP contribution in [0.25, 0.3) is 0 Å². The van der Waals surface area contributed by atoms with Crippen LogP contribution in [0.2, 0.25) is 0 Å². The van der Waals surface area contributed by atoms with Gasteiger partial charge in [0, 0.05) is 25.5 Å². The van der Waals surface area contributed by atoms with Crippen LogP contribution >= 0.6 is 11.8 Å². The summed E-state index contributed by atoms with van der Waals surface area (Å²) in [5, 5.41) is -0.576. The second-order valence-electron chi connectivity index (χ2n) is 6.37. The minimum absolute atomic E-state index is 0.343. The van der Waals surface area contributed by atoms with E-state index in [9.17, 15) is 9.59 Å². The van der Waals surface area contributed by atoms with Gasteiger partial charge in [0.15, 0.2) is 0 Å². The maximum absolute atomic E-state index is 13.0. The van der Waals surface area contributed by atoms with E-state index >= 15 is 0 Å². The number of Topliss-reactive ketones (excluding diaryl/α,β-unsaturated/α-hetero) is 1. The molecule has 1 heterocycles. The van der Waals surface area contributed by atoms with Crippen molar-refractivity contribution in [2.45, 2.75) is 10.1 Å². The molecule has 5 nitrogen and oxygen atoms in total. The van der Waals surface area contributed by atoms with Gasteiger partial charge in [-0.15, -0.1) is 11.8 Å². The van der Waals surface area contributed by atoms with Gasteiger partial charge in [0.05, 0.1) is 12.8 Å². The van der Waals surface area contributed by atoms with Crippen LogP contribution in [-0.4, -0.2) is 44.3 Å². The van der Waals surface area contributed by atoms with E-state index < -0.39 is 16.9 Å². The molecule has 0 N–H and O–H groups in total. The van der Waals surface area contributed by atoms with E-state index in [0.29, 0.717) is 12.3 Å². The highest BCUT2D eigenvalue weighted by Crippen LogP contribution is 2.44. The van der Waals surface area contributed by atoms with Crippen molar-refractivity contribution in [3.05, 3.63) is 66.4 Å². The first-order valence-electron chi connectivity index (χ1n) is 8.59. The summed E-state index contributed by atoms with van der Waals surface area (Å²) in [5.74, 6) is -0.191. The number of rotatable bonds is 5. The Bertz CT molecular complexity index is 862. The van der Waals surface area contributed by atoms with Gasteiger partial charge in [-0.05, 0) is 42.1 Å². The minimum atomic E-state index is -0.576. The first-order valence-corrected chi connectivity index (χ1v) is 9.47. The van der Waals surface area contributed by atoms with E-state index in [4.69, 9.17) is 4.74 Å². The number of carbonyl (C=O) groups is 2. The van der Waals surface area contributed by atoms with Crippen LogP contribution in [0.4, 0.5) is 5.69 Å². The van der Waals surface area contributed by atoms with Gasteiger partial charge in [-0.25, -0.2) is 0 Å². The second kappa shape index (κ2) is 8.31. The lowest BCUT2D eigenvalue weighted by Crippen LogP contribution is -2.37. The molecule has 0 bridgehead atoms. The number of anilines is 1. The first kappa shape index (κ1) is 19.0. The lowest BCUT2D eigenvalue weighted by atomic mass is 10.1. The molecular formula is C21H22N2O3S. The summed E-state index contributed by atoms with van der Waals surface area (Å²) in [6, 6.07) is 14.9. The monoisotopic (exact) mass is 382 g/mol. The molecule has 1 aliphatic heterocycles. The van der Waals surface area contributed by atoms with Gasteiger partial charge in [-0.2, -0.15) is 0 Å². The third-order valence-corrected chi connectivity index (χ3v) is 5.53. The summed E-state index contributed by atoms with van der Waals surface area (Å²) < 4.78 is 5.19. The maximum Gasteiger partial charge on any atom is 0.296 e. The molecule has 0 aromatic heterocycles. The number of methoxy groups -OCH3 is 1. The van der Waals surface area contributed by atoms with E-state index in [2.05, 4.69) is 0 Å². The quantitative estimate of drug-likeness (QED) is 0.741. The number of amides is 1. The van der Waals surface area contributed by atoms with Gasteiger partial charge in [-0.3, -0.25) is 9.59 Å². The van der Waals surface area contributed by atoms with Gasteiger partial charge < -0.3 is 14.5 Å². The summed E-state index contributed by atoms with van der Waals surface area (Å²) >= 11 is 1.41. The van der Waals surface area contributed by atoms with Crippen LogP contribution in [0.15, 0.2) is 65.7 Å². The van der Waals surface area contributed by atoms with Crippen LogP contribution in [0, 0.1) is 0 Å². The molecule has 1 atom stereocenters. The lowest BCUT2D eigenvalue weighted by Gasteiger charge is -2.20. The molecule has 0 saturated heterocycles. The number of fused-ring (bicyclic) bond motifs is 1. The largest absolute Gasteiger partial charge is 0.497 e.